The number of benzene rings is 1. The van der Waals surface area contributed by atoms with Crippen LogP contribution in [-0.4, -0.2) is 59.5 Å². The van der Waals surface area contributed by atoms with Crippen LogP contribution in [0.2, 0.25) is 0 Å². The van der Waals surface area contributed by atoms with Gasteiger partial charge in [-0.25, -0.2) is 14.6 Å². The molecule has 1 saturated carbocycles. The number of anilines is 1. The SMILES string of the molecule is CC1/C=C\CCCCN(C)C(=O)[C@@H]2C[C@H](OC(=O)Nc3cc(C(F)(F)F)ccc3-c3ccccn3)C[C@H]2C2=NC(C1)C(=O)O2. The molecule has 1 N–H and O–H groups in total. The molecule has 1 aromatic carbocycles. The lowest BCUT2D eigenvalue weighted by atomic mass is 9.94. The minimum Gasteiger partial charge on any atom is -0.446 e. The summed E-state index contributed by atoms with van der Waals surface area (Å²) in [5, 5.41) is 2.46. The third-order valence-corrected chi connectivity index (χ3v) is 8.26. The van der Waals surface area contributed by atoms with E-state index in [1.54, 1.807) is 30.1 Å². The van der Waals surface area contributed by atoms with Gasteiger partial charge in [0.05, 0.1) is 28.8 Å². The number of hydrogen-bond donors (Lipinski definition) is 1. The number of carbonyl (C=O) groups excluding carboxylic acids is 3. The molecule has 2 unspecified atom stereocenters. The molecule has 5 atom stereocenters. The van der Waals surface area contributed by atoms with Gasteiger partial charge >= 0.3 is 18.2 Å². The molecule has 0 spiro atoms. The van der Waals surface area contributed by atoms with Crippen molar-refractivity contribution in [3.05, 3.63) is 60.3 Å². The molecule has 12 heteroatoms. The second kappa shape index (κ2) is 13.2. The third kappa shape index (κ3) is 7.28. The Hall–Kier alpha value is -4.22. The van der Waals surface area contributed by atoms with Crippen LogP contribution in [0, 0.1) is 17.8 Å². The number of halogens is 3. The molecule has 2 amide bonds. The number of ether oxygens (including phenoxy) is 2. The van der Waals surface area contributed by atoms with Gasteiger partial charge < -0.3 is 14.4 Å². The Labute approximate surface area is 253 Å². The number of nitrogens with zero attached hydrogens (tertiary/aromatic N) is 3. The van der Waals surface area contributed by atoms with Crippen molar-refractivity contribution in [1.82, 2.24) is 9.88 Å². The number of rotatable bonds is 3. The number of esters is 1. The van der Waals surface area contributed by atoms with Gasteiger partial charge in [0.15, 0.2) is 11.9 Å². The summed E-state index contributed by atoms with van der Waals surface area (Å²) in [4.78, 5) is 49.8. The number of pyridine rings is 1. The molecule has 234 valence electrons. The first kappa shape index (κ1) is 31.2. The normalized spacial score (nSPS) is 27.0. The molecule has 1 aliphatic carbocycles. The Morgan fingerprint density at radius 2 is 1.89 bits per heavy atom. The topological polar surface area (TPSA) is 110 Å². The van der Waals surface area contributed by atoms with Crippen LogP contribution in [0.3, 0.4) is 0 Å². The van der Waals surface area contributed by atoms with Crippen LogP contribution >= 0.6 is 0 Å². The van der Waals surface area contributed by atoms with E-state index in [2.05, 4.69) is 27.4 Å². The molecule has 2 bridgehead atoms. The summed E-state index contributed by atoms with van der Waals surface area (Å²) in [6.07, 6.45) is 2.65. The molecule has 0 radical (unpaired) electrons. The molecular weight excluding hydrogens is 577 g/mol. The van der Waals surface area contributed by atoms with Gasteiger partial charge in [0, 0.05) is 25.4 Å². The summed E-state index contributed by atoms with van der Waals surface area (Å²) in [5.41, 5.74) is -0.412. The summed E-state index contributed by atoms with van der Waals surface area (Å²) in [6, 6.07) is 7.29. The standard InChI is InChI=1S/C32H35F3N4O5/c1-19-9-5-3-4-8-14-39(2)29(40)24-18-21(17-23(24)28-37-27(15-19)30(41)44-28)43-31(42)38-26-16-20(32(33,34)35)11-12-22(26)25-10-6-7-13-36-25/h5-7,9-13,16,19,21,23-24,27H,3-4,8,14-15,17-18H2,1-2H3,(H,38,42)/b9-5-/t19?,21-,23-,24-,27?/m1/s1. The fraction of sp³-hybridized carbons (Fsp3) is 0.469. The highest BCUT2D eigenvalue weighted by Gasteiger charge is 2.48. The Bertz CT molecular complexity index is 1450. The Kier molecular flexibility index (Phi) is 9.36. The minimum atomic E-state index is -4.63. The van der Waals surface area contributed by atoms with Gasteiger partial charge in [0.1, 0.15) is 6.10 Å². The lowest BCUT2D eigenvalue weighted by Crippen LogP contribution is -2.37. The van der Waals surface area contributed by atoms with Crippen LogP contribution in [0.25, 0.3) is 11.3 Å². The molecule has 3 heterocycles. The molecule has 5 rings (SSSR count). The molecule has 1 fully saturated rings. The molecule has 9 nitrogen and oxygen atoms in total. The van der Waals surface area contributed by atoms with Gasteiger partial charge in [0.25, 0.3) is 0 Å². The largest absolute Gasteiger partial charge is 0.446 e. The first-order chi connectivity index (χ1) is 21.0. The Morgan fingerprint density at radius 1 is 1.09 bits per heavy atom. The minimum absolute atomic E-state index is 0.107. The van der Waals surface area contributed by atoms with Gasteiger partial charge in [-0.2, -0.15) is 13.2 Å². The van der Waals surface area contributed by atoms with E-state index in [0.717, 1.165) is 31.4 Å². The van der Waals surface area contributed by atoms with Crippen molar-refractivity contribution in [1.29, 1.82) is 0 Å². The molecule has 44 heavy (non-hydrogen) atoms. The zero-order valence-corrected chi connectivity index (χ0v) is 24.5. The van der Waals surface area contributed by atoms with Crippen LogP contribution in [0.15, 0.2) is 59.7 Å². The smallest absolute Gasteiger partial charge is 0.416 e. The molecule has 1 aromatic heterocycles. The average molecular weight is 613 g/mol. The number of nitrogens with one attached hydrogen (secondary N) is 1. The van der Waals surface area contributed by atoms with Gasteiger partial charge in [-0.15, -0.1) is 0 Å². The van der Waals surface area contributed by atoms with Crippen LogP contribution in [0.5, 0.6) is 0 Å². The molecule has 2 aromatic rings. The number of allylic oxidation sites excluding steroid dienone is 2. The summed E-state index contributed by atoms with van der Waals surface area (Å²) in [6.45, 7) is 2.55. The van der Waals surface area contributed by atoms with E-state index in [9.17, 15) is 27.6 Å². The second-order valence-electron chi connectivity index (χ2n) is 11.6. The molecule has 2 aliphatic heterocycles. The number of amides is 2. The highest BCUT2D eigenvalue weighted by atomic mass is 19.4. The fourth-order valence-electron chi connectivity index (χ4n) is 5.98. The van der Waals surface area contributed by atoms with Crippen LogP contribution in [-0.2, 0) is 25.2 Å². The van der Waals surface area contributed by atoms with Gasteiger partial charge in [-0.1, -0.05) is 31.2 Å². The summed E-state index contributed by atoms with van der Waals surface area (Å²) in [7, 11) is 1.72. The van der Waals surface area contributed by atoms with Gasteiger partial charge in [0.2, 0.25) is 5.91 Å². The van der Waals surface area contributed by atoms with Crippen LogP contribution in [0.1, 0.15) is 51.0 Å². The highest BCUT2D eigenvalue weighted by molar-refractivity contribution is 6.00. The summed E-state index contributed by atoms with van der Waals surface area (Å²) >= 11 is 0. The monoisotopic (exact) mass is 612 g/mol. The first-order valence-corrected chi connectivity index (χ1v) is 14.8. The Morgan fingerprint density at radius 3 is 2.64 bits per heavy atom. The number of aromatic nitrogens is 1. The predicted molar refractivity (Wildman–Crippen MR) is 157 cm³/mol. The van der Waals surface area contributed by atoms with Crippen molar-refractivity contribution in [2.24, 2.45) is 22.7 Å². The zero-order chi connectivity index (χ0) is 31.4. The lowest BCUT2D eigenvalue weighted by Gasteiger charge is -2.24. The second-order valence-corrected chi connectivity index (χ2v) is 11.6. The van der Waals surface area contributed by atoms with E-state index in [1.165, 1.54) is 12.3 Å². The maximum atomic E-state index is 13.6. The fourth-order valence-corrected chi connectivity index (χ4v) is 5.98. The highest BCUT2D eigenvalue weighted by Crippen LogP contribution is 2.40. The van der Waals surface area contributed by atoms with Crippen molar-refractivity contribution >= 4 is 29.6 Å². The van der Waals surface area contributed by atoms with Crippen LogP contribution in [0.4, 0.5) is 23.7 Å². The quantitative estimate of drug-likeness (QED) is 0.324. The van der Waals surface area contributed by atoms with Crippen molar-refractivity contribution < 1.29 is 37.0 Å². The van der Waals surface area contributed by atoms with E-state index >= 15 is 0 Å². The van der Waals surface area contributed by atoms with Crippen LogP contribution < -0.4 is 5.32 Å². The Balaban J connectivity index is 1.37. The van der Waals surface area contributed by atoms with Gasteiger partial charge in [-0.3, -0.25) is 15.1 Å². The van der Waals surface area contributed by atoms with Crippen molar-refractivity contribution in [2.45, 2.75) is 63.8 Å². The number of aliphatic imine (C=N–C) groups is 1. The first-order valence-electron chi connectivity index (χ1n) is 14.8. The average Bonchev–Trinajstić information content (AvgIpc) is 3.56. The number of carbonyl (C=O) groups is 3. The van der Waals surface area contributed by atoms with E-state index in [-0.39, 0.29) is 41.8 Å². The van der Waals surface area contributed by atoms with Gasteiger partial charge in [-0.05, 0) is 68.7 Å². The van der Waals surface area contributed by atoms with E-state index < -0.39 is 47.8 Å². The number of hydrogen-bond acceptors (Lipinski definition) is 7. The summed E-state index contributed by atoms with van der Waals surface area (Å²) < 4.78 is 51.8. The van der Waals surface area contributed by atoms with Crippen molar-refractivity contribution in [2.75, 3.05) is 18.9 Å². The number of fused-ring (bicyclic) bond motifs is 3. The maximum absolute atomic E-state index is 13.6. The third-order valence-electron chi connectivity index (χ3n) is 8.26. The lowest BCUT2D eigenvalue weighted by molar-refractivity contribution is -0.137. The zero-order valence-electron chi connectivity index (χ0n) is 24.5. The van der Waals surface area contributed by atoms with Crippen molar-refractivity contribution in [3.63, 3.8) is 0 Å². The van der Waals surface area contributed by atoms with Crippen molar-refractivity contribution in [3.8, 4) is 11.3 Å². The van der Waals surface area contributed by atoms with E-state index in [1.807, 2.05) is 6.92 Å². The maximum Gasteiger partial charge on any atom is 0.416 e. The number of alkyl halides is 3. The molecular formula is C32H35F3N4O5. The van der Waals surface area contributed by atoms with E-state index in [0.29, 0.717) is 18.7 Å². The predicted octanol–water partition coefficient (Wildman–Crippen LogP) is 6.26. The summed E-state index contributed by atoms with van der Waals surface area (Å²) in [5.74, 6) is -1.61. The van der Waals surface area contributed by atoms with E-state index in [4.69, 9.17) is 9.47 Å². The molecule has 3 aliphatic rings. The molecule has 0 saturated heterocycles.